The number of nitrogens with one attached hydrogen (secondary N) is 2. The Morgan fingerprint density at radius 2 is 0.935 bits per heavy atom. The number of halogens is 7. The van der Waals surface area contributed by atoms with Gasteiger partial charge in [0.2, 0.25) is 0 Å². The number of hydrogen-bond donors (Lipinski definition) is 2. The summed E-state index contributed by atoms with van der Waals surface area (Å²) in [4.78, 5) is 0. The third-order valence-corrected chi connectivity index (χ3v) is 5.47. The average Bonchev–Trinajstić information content (AvgIpc) is 2.70. The molecule has 2 nitrogen and oxygen atoms in total. The van der Waals surface area contributed by atoms with Crippen molar-refractivity contribution >= 4 is 12.4 Å². The lowest BCUT2D eigenvalue weighted by molar-refractivity contribution is -0.138. The molecule has 0 aromatic heterocycles. The van der Waals surface area contributed by atoms with E-state index < -0.39 is 23.5 Å². The molecule has 172 valence electrons. The molecule has 0 radical (unpaired) electrons. The summed E-state index contributed by atoms with van der Waals surface area (Å²) in [6.07, 6.45) is -4.70. The second kappa shape index (κ2) is 10.7. The van der Waals surface area contributed by atoms with Crippen LogP contribution in [-0.2, 0) is 25.4 Å². The Morgan fingerprint density at radius 3 is 1.23 bits per heavy atom. The quantitative estimate of drug-likeness (QED) is 0.486. The fourth-order valence-corrected chi connectivity index (χ4v) is 3.74. The van der Waals surface area contributed by atoms with Gasteiger partial charge in [0.05, 0.1) is 11.1 Å². The molecule has 1 aliphatic rings. The first kappa shape index (κ1) is 25.5. The molecule has 2 aromatic rings. The highest BCUT2D eigenvalue weighted by molar-refractivity contribution is 5.85. The Hall–Kier alpha value is -1.77. The van der Waals surface area contributed by atoms with Crippen LogP contribution in [0.3, 0.4) is 0 Å². The largest absolute Gasteiger partial charge is 0.416 e. The van der Waals surface area contributed by atoms with Crippen molar-refractivity contribution in [1.82, 2.24) is 10.6 Å². The van der Waals surface area contributed by atoms with Crippen molar-refractivity contribution in [3.63, 3.8) is 0 Å². The van der Waals surface area contributed by atoms with Crippen molar-refractivity contribution in [3.8, 4) is 0 Å². The third kappa shape index (κ3) is 7.40. The standard InChI is InChI=1S/C22H24F6N2.ClH/c23-21(24,25)17-9-5-15(6-10-17)13-29-19-3-1-2-4-20(19)30-14-16-7-11-18(12-8-16)22(26,27)28;/h5-12,19-20,29-30H,1-4,13-14H2;1H/t19-,20-;/m0./s1. The van der Waals surface area contributed by atoms with Crippen LogP contribution in [0.25, 0.3) is 0 Å². The Labute approximate surface area is 183 Å². The fourth-order valence-electron chi connectivity index (χ4n) is 3.74. The molecule has 1 aliphatic carbocycles. The molecule has 3 rings (SSSR count). The van der Waals surface area contributed by atoms with Crippen LogP contribution in [0.4, 0.5) is 26.3 Å². The van der Waals surface area contributed by atoms with Crippen LogP contribution in [-0.4, -0.2) is 12.1 Å². The number of benzene rings is 2. The summed E-state index contributed by atoms with van der Waals surface area (Å²) in [5.74, 6) is 0. The van der Waals surface area contributed by atoms with Crippen molar-refractivity contribution in [3.05, 3.63) is 70.8 Å². The molecule has 31 heavy (non-hydrogen) atoms. The Bertz CT molecular complexity index is 733. The zero-order chi connectivity index (χ0) is 21.8. The lowest BCUT2D eigenvalue weighted by atomic mass is 9.90. The van der Waals surface area contributed by atoms with Gasteiger partial charge in [-0.2, -0.15) is 26.3 Å². The molecule has 0 unspecified atom stereocenters. The van der Waals surface area contributed by atoms with Crippen LogP contribution >= 0.6 is 12.4 Å². The molecule has 0 heterocycles. The normalized spacial score (nSPS) is 19.7. The highest BCUT2D eigenvalue weighted by Crippen LogP contribution is 2.30. The van der Waals surface area contributed by atoms with Gasteiger partial charge in [0.25, 0.3) is 0 Å². The lowest BCUT2D eigenvalue weighted by Gasteiger charge is -2.33. The molecule has 9 heteroatoms. The van der Waals surface area contributed by atoms with Gasteiger partial charge in [0.1, 0.15) is 0 Å². The second-order valence-electron chi connectivity index (χ2n) is 7.65. The maximum absolute atomic E-state index is 12.7. The molecule has 0 spiro atoms. The van der Waals surface area contributed by atoms with Crippen LogP contribution in [0.1, 0.15) is 47.9 Å². The van der Waals surface area contributed by atoms with E-state index in [4.69, 9.17) is 0 Å². The number of alkyl halides is 6. The predicted octanol–water partition coefficient (Wildman–Crippen LogP) is 6.34. The van der Waals surface area contributed by atoms with Crippen LogP contribution in [0.2, 0.25) is 0 Å². The maximum atomic E-state index is 12.7. The molecule has 0 bridgehead atoms. The van der Waals surface area contributed by atoms with Crippen molar-refractivity contribution in [2.24, 2.45) is 0 Å². The summed E-state index contributed by atoms with van der Waals surface area (Å²) in [5.41, 5.74) is 0.213. The van der Waals surface area contributed by atoms with Gasteiger partial charge < -0.3 is 10.6 Å². The molecule has 2 atom stereocenters. The molecule has 0 saturated heterocycles. The van der Waals surface area contributed by atoms with Gasteiger partial charge in [0, 0.05) is 25.2 Å². The van der Waals surface area contributed by atoms with Gasteiger partial charge in [-0.1, -0.05) is 37.1 Å². The van der Waals surface area contributed by atoms with E-state index in [1.54, 1.807) is 0 Å². The lowest BCUT2D eigenvalue weighted by Crippen LogP contribution is -2.49. The van der Waals surface area contributed by atoms with E-state index in [9.17, 15) is 26.3 Å². The van der Waals surface area contributed by atoms with Crippen LogP contribution in [0, 0.1) is 0 Å². The summed E-state index contributed by atoms with van der Waals surface area (Å²) in [7, 11) is 0. The zero-order valence-electron chi connectivity index (χ0n) is 16.7. The van der Waals surface area contributed by atoms with E-state index >= 15 is 0 Å². The van der Waals surface area contributed by atoms with E-state index in [1.165, 1.54) is 24.3 Å². The van der Waals surface area contributed by atoms with Gasteiger partial charge >= 0.3 is 12.4 Å². The molecular formula is C22H25ClF6N2. The van der Waals surface area contributed by atoms with Crippen molar-refractivity contribution in [2.75, 3.05) is 0 Å². The molecule has 2 aromatic carbocycles. The summed E-state index contributed by atoms with van der Waals surface area (Å²) in [6.45, 7) is 0.919. The van der Waals surface area contributed by atoms with E-state index in [0.717, 1.165) is 61.1 Å². The van der Waals surface area contributed by atoms with Crippen LogP contribution in [0.5, 0.6) is 0 Å². The van der Waals surface area contributed by atoms with E-state index in [-0.39, 0.29) is 24.5 Å². The van der Waals surface area contributed by atoms with Crippen molar-refractivity contribution in [2.45, 2.75) is 63.2 Å². The molecular weight excluding hydrogens is 442 g/mol. The average molecular weight is 467 g/mol. The predicted molar refractivity (Wildman–Crippen MR) is 110 cm³/mol. The number of hydrogen-bond acceptors (Lipinski definition) is 2. The van der Waals surface area contributed by atoms with Crippen molar-refractivity contribution < 1.29 is 26.3 Å². The monoisotopic (exact) mass is 466 g/mol. The number of rotatable bonds is 6. The van der Waals surface area contributed by atoms with Crippen molar-refractivity contribution in [1.29, 1.82) is 0 Å². The minimum Gasteiger partial charge on any atom is -0.308 e. The van der Waals surface area contributed by atoms with Gasteiger partial charge in [-0.3, -0.25) is 0 Å². The Kier molecular flexibility index (Phi) is 8.80. The smallest absolute Gasteiger partial charge is 0.308 e. The van der Waals surface area contributed by atoms with Gasteiger partial charge in [-0.15, -0.1) is 12.4 Å². The van der Waals surface area contributed by atoms with E-state index in [0.29, 0.717) is 13.1 Å². The first-order valence-electron chi connectivity index (χ1n) is 9.92. The van der Waals surface area contributed by atoms with Gasteiger partial charge in [-0.05, 0) is 48.2 Å². The fraction of sp³-hybridized carbons (Fsp3) is 0.455. The SMILES string of the molecule is Cl.FC(F)(F)c1ccc(CN[C@H]2CCCC[C@@H]2NCc2ccc(C(F)(F)F)cc2)cc1. The summed E-state index contributed by atoms with van der Waals surface area (Å²) >= 11 is 0. The minimum atomic E-state index is -4.34. The molecule has 1 saturated carbocycles. The topological polar surface area (TPSA) is 24.1 Å². The molecule has 1 fully saturated rings. The second-order valence-corrected chi connectivity index (χ2v) is 7.65. The van der Waals surface area contributed by atoms with Gasteiger partial charge in [-0.25, -0.2) is 0 Å². The Morgan fingerprint density at radius 1 is 0.613 bits per heavy atom. The maximum Gasteiger partial charge on any atom is 0.416 e. The zero-order valence-corrected chi connectivity index (χ0v) is 17.5. The molecule has 0 aliphatic heterocycles. The first-order chi connectivity index (χ1) is 14.1. The molecule has 0 amide bonds. The highest BCUT2D eigenvalue weighted by atomic mass is 35.5. The third-order valence-electron chi connectivity index (χ3n) is 5.47. The highest BCUT2D eigenvalue weighted by Gasteiger charge is 2.31. The first-order valence-corrected chi connectivity index (χ1v) is 9.92. The van der Waals surface area contributed by atoms with E-state index in [2.05, 4.69) is 10.6 Å². The van der Waals surface area contributed by atoms with Crippen LogP contribution in [0.15, 0.2) is 48.5 Å². The van der Waals surface area contributed by atoms with E-state index in [1.807, 2.05) is 0 Å². The van der Waals surface area contributed by atoms with Crippen LogP contribution < -0.4 is 10.6 Å². The summed E-state index contributed by atoms with van der Waals surface area (Å²) in [5, 5.41) is 6.84. The van der Waals surface area contributed by atoms with Gasteiger partial charge in [0.15, 0.2) is 0 Å². The minimum absolute atomic E-state index is 0. The summed E-state index contributed by atoms with van der Waals surface area (Å²) in [6, 6.07) is 10.5. The summed E-state index contributed by atoms with van der Waals surface area (Å²) < 4.78 is 76.0. The Balaban J connectivity index is 0.00000341. The molecule has 2 N–H and O–H groups in total.